The van der Waals surface area contributed by atoms with Crippen molar-refractivity contribution in [2.75, 3.05) is 58.6 Å². The molecule has 4 heterocycles. The molecule has 0 aromatic carbocycles. The third-order valence-electron chi connectivity index (χ3n) is 6.07. The number of alkyl halides is 3. The van der Waals surface area contributed by atoms with E-state index >= 15 is 0 Å². The zero-order valence-corrected chi connectivity index (χ0v) is 18.4. The first-order valence-electron chi connectivity index (χ1n) is 10.4. The minimum absolute atomic E-state index is 0.0219. The van der Waals surface area contributed by atoms with E-state index in [-0.39, 0.29) is 29.4 Å². The Labute approximate surface area is 188 Å². The Kier molecular flexibility index (Phi) is 6.48. The molecule has 2 unspecified atom stereocenters. The molecule has 13 heteroatoms. The van der Waals surface area contributed by atoms with Gasteiger partial charge in [0, 0.05) is 45.0 Å². The van der Waals surface area contributed by atoms with Crippen LogP contribution in [0.15, 0.2) is 12.4 Å². The number of carbonyl (C=O) groups is 1. The number of hydrogen-bond donors (Lipinski definition) is 2. The lowest BCUT2D eigenvalue weighted by molar-refractivity contribution is -0.150. The van der Waals surface area contributed by atoms with Gasteiger partial charge in [0.25, 0.3) is 5.91 Å². The van der Waals surface area contributed by atoms with E-state index in [0.29, 0.717) is 43.4 Å². The third kappa shape index (κ3) is 5.08. The second-order valence-electron chi connectivity index (χ2n) is 8.43. The Morgan fingerprint density at radius 2 is 2.00 bits per heavy atom. The molecule has 32 heavy (non-hydrogen) atoms. The summed E-state index contributed by atoms with van der Waals surface area (Å²) in [5.74, 6) is -0.327. The normalized spacial score (nSPS) is 24.2. The molecule has 2 atom stereocenters. The summed E-state index contributed by atoms with van der Waals surface area (Å²) in [6, 6.07) is -0.189. The Balaban J connectivity index is 1.47. The summed E-state index contributed by atoms with van der Waals surface area (Å²) in [5, 5.41) is 7.56. The lowest BCUT2D eigenvalue weighted by Crippen LogP contribution is -2.63. The van der Waals surface area contributed by atoms with Crippen molar-refractivity contribution in [3.05, 3.63) is 23.0 Å². The number of likely N-dealkylation sites (N-methyl/N-ethyl adjacent to an activating group) is 1. The smallest absolute Gasteiger partial charge is 0.381 e. The number of nitrogens with two attached hydrogens (primary N) is 1. The number of piperazine rings is 1. The highest BCUT2D eigenvalue weighted by Crippen LogP contribution is 2.23. The molecule has 4 rings (SSSR count). The van der Waals surface area contributed by atoms with Crippen LogP contribution in [0, 0.1) is 0 Å². The van der Waals surface area contributed by atoms with Crippen LogP contribution in [0.5, 0.6) is 0 Å². The maximum Gasteiger partial charge on any atom is 0.401 e. The summed E-state index contributed by atoms with van der Waals surface area (Å²) >= 11 is 5.94. The van der Waals surface area contributed by atoms with Gasteiger partial charge in [-0.25, -0.2) is 9.50 Å². The van der Waals surface area contributed by atoms with Gasteiger partial charge in [0.05, 0.1) is 23.8 Å². The van der Waals surface area contributed by atoms with Crippen LogP contribution in [0.4, 0.5) is 19.0 Å². The van der Waals surface area contributed by atoms with Crippen molar-refractivity contribution in [3.63, 3.8) is 0 Å². The maximum absolute atomic E-state index is 13.1. The van der Waals surface area contributed by atoms with Crippen LogP contribution in [0.25, 0.3) is 5.65 Å². The van der Waals surface area contributed by atoms with Gasteiger partial charge < -0.3 is 16.0 Å². The summed E-state index contributed by atoms with van der Waals surface area (Å²) < 4.78 is 39.5. The van der Waals surface area contributed by atoms with E-state index in [1.165, 1.54) is 21.8 Å². The number of amides is 1. The molecule has 2 aromatic rings. The van der Waals surface area contributed by atoms with Crippen LogP contribution in [-0.4, -0.2) is 106 Å². The molecule has 9 nitrogen and oxygen atoms in total. The van der Waals surface area contributed by atoms with E-state index in [9.17, 15) is 18.0 Å². The molecule has 2 fully saturated rings. The van der Waals surface area contributed by atoms with Gasteiger partial charge in [-0.05, 0) is 20.0 Å². The quantitative estimate of drug-likeness (QED) is 0.681. The second-order valence-corrected chi connectivity index (χ2v) is 8.86. The highest BCUT2D eigenvalue weighted by atomic mass is 35.5. The Morgan fingerprint density at radius 1 is 1.28 bits per heavy atom. The molecule has 1 amide bonds. The SMILES string of the molecule is CN1CCC(N2CCN(CC(F)(F)F)CC2)C(NC(=O)c2c(N)nn3cc(Cl)cnc23)C1. The standard InChI is InChI=1S/C19H26ClF3N8O/c1-28-3-2-14(30-6-4-29(5-7-30)11-19(21,22)23)13(10-28)26-18(32)15-16(24)27-31-9-12(20)8-25-17(15)31/h8-9,13-14H,2-7,10-11H2,1H3,(H2,24,27)(H,26,32). The number of piperidine rings is 1. The predicted octanol–water partition coefficient (Wildman–Crippen LogP) is 0.947. The number of anilines is 1. The molecule has 0 saturated carbocycles. The van der Waals surface area contributed by atoms with E-state index in [1.807, 2.05) is 7.05 Å². The lowest BCUT2D eigenvalue weighted by atomic mass is 9.96. The average molecular weight is 475 g/mol. The van der Waals surface area contributed by atoms with Crippen LogP contribution < -0.4 is 11.1 Å². The van der Waals surface area contributed by atoms with Crippen LogP contribution >= 0.6 is 11.6 Å². The van der Waals surface area contributed by atoms with E-state index in [4.69, 9.17) is 17.3 Å². The number of nitrogens with zero attached hydrogens (tertiary/aromatic N) is 6. The van der Waals surface area contributed by atoms with Gasteiger partial charge in [-0.3, -0.25) is 14.6 Å². The first-order valence-corrected chi connectivity index (χ1v) is 10.8. The highest BCUT2D eigenvalue weighted by molar-refractivity contribution is 6.30. The lowest BCUT2D eigenvalue weighted by Gasteiger charge is -2.46. The van der Waals surface area contributed by atoms with Crippen molar-refractivity contribution in [3.8, 4) is 0 Å². The molecule has 0 spiro atoms. The van der Waals surface area contributed by atoms with Crippen molar-refractivity contribution >= 4 is 29.0 Å². The minimum atomic E-state index is -4.20. The van der Waals surface area contributed by atoms with Crippen molar-refractivity contribution < 1.29 is 18.0 Å². The second kappa shape index (κ2) is 9.00. The van der Waals surface area contributed by atoms with Crippen LogP contribution in [0.2, 0.25) is 5.02 Å². The van der Waals surface area contributed by atoms with Gasteiger partial charge in [0.15, 0.2) is 11.5 Å². The summed E-state index contributed by atoms with van der Waals surface area (Å²) in [7, 11) is 1.98. The number of halogens is 4. The summed E-state index contributed by atoms with van der Waals surface area (Å²) in [6.07, 6.45) is -0.446. The zero-order chi connectivity index (χ0) is 23.0. The molecule has 3 N–H and O–H groups in total. The average Bonchev–Trinajstić information content (AvgIpc) is 3.02. The Hall–Kier alpha value is -2.15. The van der Waals surface area contributed by atoms with Gasteiger partial charge in [-0.1, -0.05) is 11.6 Å². The predicted molar refractivity (Wildman–Crippen MR) is 114 cm³/mol. The van der Waals surface area contributed by atoms with Gasteiger partial charge >= 0.3 is 6.18 Å². The van der Waals surface area contributed by atoms with Crippen molar-refractivity contribution in [2.45, 2.75) is 24.7 Å². The zero-order valence-electron chi connectivity index (χ0n) is 17.6. The number of aromatic nitrogens is 3. The minimum Gasteiger partial charge on any atom is -0.381 e. The van der Waals surface area contributed by atoms with Crippen LogP contribution in [-0.2, 0) is 0 Å². The number of likely N-dealkylation sites (tertiary alicyclic amines) is 1. The number of fused-ring (bicyclic) bond motifs is 1. The fourth-order valence-corrected chi connectivity index (χ4v) is 4.72. The molecule has 0 bridgehead atoms. The molecule has 0 aliphatic carbocycles. The Bertz CT molecular complexity index is 975. The number of rotatable bonds is 4. The topological polar surface area (TPSA) is 95.0 Å². The monoisotopic (exact) mass is 474 g/mol. The van der Waals surface area contributed by atoms with E-state index in [2.05, 4.69) is 25.2 Å². The van der Waals surface area contributed by atoms with Crippen LogP contribution in [0.3, 0.4) is 0 Å². The van der Waals surface area contributed by atoms with Crippen LogP contribution in [0.1, 0.15) is 16.8 Å². The number of carbonyl (C=O) groups excluding carboxylic acids is 1. The van der Waals surface area contributed by atoms with E-state index in [0.717, 1.165) is 13.0 Å². The summed E-state index contributed by atoms with van der Waals surface area (Å²) in [4.78, 5) is 23.1. The van der Waals surface area contributed by atoms with Gasteiger partial charge in [0.1, 0.15) is 5.56 Å². The fourth-order valence-electron chi connectivity index (χ4n) is 4.58. The highest BCUT2D eigenvalue weighted by Gasteiger charge is 2.37. The molecular formula is C19H26ClF3N8O. The van der Waals surface area contributed by atoms with Gasteiger partial charge in [0.2, 0.25) is 0 Å². The largest absolute Gasteiger partial charge is 0.401 e. The molecule has 176 valence electrons. The van der Waals surface area contributed by atoms with Gasteiger partial charge in [-0.2, -0.15) is 13.2 Å². The molecule has 2 aliphatic heterocycles. The molecule has 2 aromatic heterocycles. The maximum atomic E-state index is 13.1. The Morgan fingerprint density at radius 3 is 2.69 bits per heavy atom. The molecular weight excluding hydrogens is 449 g/mol. The number of nitrogen functional groups attached to an aromatic ring is 1. The summed E-state index contributed by atoms with van der Waals surface area (Å²) in [6.45, 7) is 2.32. The van der Waals surface area contributed by atoms with Crippen molar-refractivity contribution in [1.82, 2.24) is 34.6 Å². The van der Waals surface area contributed by atoms with E-state index < -0.39 is 12.7 Å². The molecule has 0 radical (unpaired) electrons. The number of nitrogens with one attached hydrogen (secondary N) is 1. The van der Waals surface area contributed by atoms with Crippen molar-refractivity contribution in [1.29, 1.82) is 0 Å². The molecule has 2 aliphatic rings. The first kappa shape index (κ1) is 23.0. The van der Waals surface area contributed by atoms with E-state index in [1.54, 1.807) is 0 Å². The summed E-state index contributed by atoms with van der Waals surface area (Å²) in [5.41, 5.74) is 6.48. The third-order valence-corrected chi connectivity index (χ3v) is 6.26. The molecule has 2 saturated heterocycles. The van der Waals surface area contributed by atoms with Crippen molar-refractivity contribution in [2.24, 2.45) is 0 Å². The van der Waals surface area contributed by atoms with Gasteiger partial charge in [-0.15, -0.1) is 5.10 Å². The number of hydrogen-bond acceptors (Lipinski definition) is 7. The first-order chi connectivity index (χ1) is 15.1. The fraction of sp³-hybridized carbons (Fsp3) is 0.632.